The normalized spacial score (nSPS) is 27.8. The maximum Gasteiger partial charge on any atom is 0.197 e. The van der Waals surface area contributed by atoms with Crippen molar-refractivity contribution in [1.29, 1.82) is 0 Å². The third kappa shape index (κ3) is 3.68. The molecule has 5 heteroatoms. The van der Waals surface area contributed by atoms with Gasteiger partial charge in [0.1, 0.15) is 24.7 Å². The lowest BCUT2D eigenvalue weighted by atomic mass is 9.71. The zero-order valence-corrected chi connectivity index (χ0v) is 16.9. The van der Waals surface area contributed by atoms with Crippen molar-refractivity contribution in [2.75, 3.05) is 19.8 Å². The van der Waals surface area contributed by atoms with Gasteiger partial charge in [0.15, 0.2) is 5.78 Å². The van der Waals surface area contributed by atoms with Gasteiger partial charge in [-0.1, -0.05) is 24.8 Å². The Morgan fingerprint density at radius 3 is 2.93 bits per heavy atom. The van der Waals surface area contributed by atoms with E-state index in [0.717, 1.165) is 5.56 Å². The number of rotatable bonds is 3. The minimum Gasteiger partial charge on any atom is -0.492 e. The van der Waals surface area contributed by atoms with E-state index in [1.807, 2.05) is 42.5 Å². The van der Waals surface area contributed by atoms with Crippen LogP contribution in [0.5, 0.6) is 5.75 Å². The SMILES string of the molecule is C=C1/C=C\C=C/COC2=C1C(=O)c1ccc(OCC3CC(O)CN3)cc1C2(C)C. The second kappa shape index (κ2) is 7.65. The number of carbonyl (C=O) groups is 1. The predicted octanol–water partition coefficient (Wildman–Crippen LogP) is 3.22. The molecule has 2 aliphatic heterocycles. The Morgan fingerprint density at radius 1 is 1.34 bits per heavy atom. The van der Waals surface area contributed by atoms with Crippen molar-refractivity contribution in [2.24, 2.45) is 0 Å². The molecule has 1 aromatic carbocycles. The number of Topliss-reactive ketones (excluding diaryl/α,β-unsaturated/α-hetero) is 1. The lowest BCUT2D eigenvalue weighted by Gasteiger charge is -2.36. The molecule has 0 radical (unpaired) electrons. The molecule has 0 bridgehead atoms. The molecule has 152 valence electrons. The van der Waals surface area contributed by atoms with Crippen LogP contribution in [-0.4, -0.2) is 42.8 Å². The van der Waals surface area contributed by atoms with E-state index in [4.69, 9.17) is 9.47 Å². The monoisotopic (exact) mass is 393 g/mol. The molecule has 0 spiro atoms. The van der Waals surface area contributed by atoms with Crippen LogP contribution >= 0.6 is 0 Å². The predicted molar refractivity (Wildman–Crippen MR) is 112 cm³/mol. The number of ketones is 1. The summed E-state index contributed by atoms with van der Waals surface area (Å²) < 4.78 is 12.0. The van der Waals surface area contributed by atoms with E-state index >= 15 is 0 Å². The fourth-order valence-electron chi connectivity index (χ4n) is 4.19. The molecule has 1 fully saturated rings. The fourth-order valence-corrected chi connectivity index (χ4v) is 4.19. The van der Waals surface area contributed by atoms with E-state index < -0.39 is 5.41 Å². The van der Waals surface area contributed by atoms with Gasteiger partial charge in [-0.25, -0.2) is 0 Å². The second-order valence-corrected chi connectivity index (χ2v) is 8.29. The van der Waals surface area contributed by atoms with Crippen LogP contribution in [0.4, 0.5) is 0 Å². The fraction of sp³-hybridized carbons (Fsp3) is 0.375. The van der Waals surface area contributed by atoms with Crippen molar-refractivity contribution >= 4 is 5.78 Å². The highest BCUT2D eigenvalue weighted by Crippen LogP contribution is 2.44. The van der Waals surface area contributed by atoms with Crippen LogP contribution in [0.3, 0.4) is 0 Å². The number of ether oxygens (including phenoxy) is 2. The minimum absolute atomic E-state index is 0.0713. The number of hydrogen-bond donors (Lipinski definition) is 2. The lowest BCUT2D eigenvalue weighted by Crippen LogP contribution is -2.33. The van der Waals surface area contributed by atoms with Crippen molar-refractivity contribution in [2.45, 2.75) is 37.8 Å². The van der Waals surface area contributed by atoms with Gasteiger partial charge in [-0.2, -0.15) is 0 Å². The summed E-state index contributed by atoms with van der Waals surface area (Å²) in [6, 6.07) is 5.73. The molecule has 0 amide bonds. The maximum absolute atomic E-state index is 13.3. The molecular weight excluding hydrogens is 366 g/mol. The van der Waals surface area contributed by atoms with Gasteiger partial charge >= 0.3 is 0 Å². The summed E-state index contributed by atoms with van der Waals surface area (Å²) in [6.07, 6.45) is 7.91. The Kier molecular flexibility index (Phi) is 5.19. The summed E-state index contributed by atoms with van der Waals surface area (Å²) in [6.45, 7) is 9.69. The van der Waals surface area contributed by atoms with E-state index in [2.05, 4.69) is 25.7 Å². The van der Waals surface area contributed by atoms with Crippen LogP contribution in [0.25, 0.3) is 0 Å². The van der Waals surface area contributed by atoms with Gasteiger partial charge in [-0.15, -0.1) is 0 Å². The third-order valence-corrected chi connectivity index (χ3v) is 5.77. The highest BCUT2D eigenvalue weighted by molar-refractivity contribution is 6.15. The standard InChI is InChI=1S/C24H27NO4/c1-15-7-5-4-6-10-28-23-21(15)22(27)19-9-8-18(12-20(19)24(23,2)3)29-14-16-11-17(26)13-25-16/h4-9,12,16-17,25-26H,1,10-11,13-14H2,2-3H3/b6-4-,7-5-. The number of hydrogen-bond acceptors (Lipinski definition) is 5. The summed E-state index contributed by atoms with van der Waals surface area (Å²) in [7, 11) is 0. The Morgan fingerprint density at radius 2 is 2.17 bits per heavy atom. The largest absolute Gasteiger partial charge is 0.492 e. The number of fused-ring (bicyclic) bond motifs is 1. The Bertz CT molecular complexity index is 938. The maximum atomic E-state index is 13.3. The Balaban J connectivity index is 1.66. The first-order valence-electron chi connectivity index (χ1n) is 10.0. The molecule has 1 aliphatic carbocycles. The van der Waals surface area contributed by atoms with Gasteiger partial charge in [0.05, 0.1) is 11.7 Å². The molecule has 2 N–H and O–H groups in total. The smallest absolute Gasteiger partial charge is 0.197 e. The molecule has 4 rings (SSSR count). The molecule has 2 unspecified atom stereocenters. The van der Waals surface area contributed by atoms with E-state index in [1.165, 1.54) is 0 Å². The van der Waals surface area contributed by atoms with Crippen molar-refractivity contribution in [3.8, 4) is 5.75 Å². The molecule has 2 atom stereocenters. The highest BCUT2D eigenvalue weighted by atomic mass is 16.5. The van der Waals surface area contributed by atoms with Crippen LogP contribution in [0.1, 0.15) is 36.2 Å². The van der Waals surface area contributed by atoms with Crippen molar-refractivity contribution in [3.63, 3.8) is 0 Å². The third-order valence-electron chi connectivity index (χ3n) is 5.77. The van der Waals surface area contributed by atoms with Gasteiger partial charge in [-0.3, -0.25) is 4.79 Å². The van der Waals surface area contributed by atoms with E-state index in [9.17, 15) is 9.90 Å². The van der Waals surface area contributed by atoms with Crippen LogP contribution in [0.15, 0.2) is 66.0 Å². The Hall–Kier alpha value is -2.63. The minimum atomic E-state index is -0.505. The molecule has 5 nitrogen and oxygen atoms in total. The molecule has 1 saturated heterocycles. The number of aliphatic hydroxyl groups excluding tert-OH is 1. The number of nitrogens with one attached hydrogen (secondary N) is 1. The number of aliphatic hydroxyl groups is 1. The summed E-state index contributed by atoms with van der Waals surface area (Å²) >= 11 is 0. The van der Waals surface area contributed by atoms with E-state index in [1.54, 1.807) is 0 Å². The molecular formula is C24H27NO4. The molecule has 2 heterocycles. The van der Waals surface area contributed by atoms with E-state index in [-0.39, 0.29) is 17.9 Å². The summed E-state index contributed by atoms with van der Waals surface area (Å²) in [5.74, 6) is 1.28. The molecule has 3 aliphatic rings. The van der Waals surface area contributed by atoms with Gasteiger partial charge in [0.25, 0.3) is 0 Å². The number of carbonyl (C=O) groups excluding carboxylic acids is 1. The van der Waals surface area contributed by atoms with Crippen LogP contribution in [0, 0.1) is 0 Å². The van der Waals surface area contributed by atoms with E-state index in [0.29, 0.717) is 54.4 Å². The summed E-state index contributed by atoms with van der Waals surface area (Å²) in [5.41, 5.74) is 2.23. The zero-order valence-electron chi connectivity index (χ0n) is 16.9. The zero-order chi connectivity index (χ0) is 20.6. The quantitative estimate of drug-likeness (QED) is 0.825. The molecule has 29 heavy (non-hydrogen) atoms. The molecule has 0 saturated carbocycles. The van der Waals surface area contributed by atoms with Crippen molar-refractivity contribution in [3.05, 3.63) is 77.1 Å². The first-order chi connectivity index (χ1) is 13.9. The van der Waals surface area contributed by atoms with Gasteiger partial charge in [-0.05, 0) is 55.7 Å². The van der Waals surface area contributed by atoms with Crippen LogP contribution in [-0.2, 0) is 10.2 Å². The highest BCUT2D eigenvalue weighted by Gasteiger charge is 2.41. The molecule has 1 aromatic rings. The van der Waals surface area contributed by atoms with Crippen LogP contribution in [0.2, 0.25) is 0 Å². The first kappa shape index (κ1) is 19.7. The number of allylic oxidation sites excluding steroid dienone is 6. The van der Waals surface area contributed by atoms with Crippen LogP contribution < -0.4 is 10.1 Å². The average Bonchev–Trinajstić information content (AvgIpc) is 3.14. The van der Waals surface area contributed by atoms with Gasteiger partial charge < -0.3 is 19.9 Å². The Labute approximate surface area is 171 Å². The topological polar surface area (TPSA) is 67.8 Å². The van der Waals surface area contributed by atoms with Crippen molar-refractivity contribution in [1.82, 2.24) is 5.32 Å². The molecule has 0 aromatic heterocycles. The average molecular weight is 393 g/mol. The number of β-amino-alcohol motifs (C(OH)–C–C–N with tert-alkyl or cyclic N) is 1. The second-order valence-electron chi connectivity index (χ2n) is 8.29. The first-order valence-corrected chi connectivity index (χ1v) is 10.0. The summed E-state index contributed by atoms with van der Waals surface area (Å²) in [5, 5.41) is 12.9. The summed E-state index contributed by atoms with van der Waals surface area (Å²) in [4.78, 5) is 13.3. The number of benzene rings is 1. The van der Waals surface area contributed by atoms with Crippen molar-refractivity contribution < 1.29 is 19.4 Å². The lowest BCUT2D eigenvalue weighted by molar-refractivity contribution is 0.100. The van der Waals surface area contributed by atoms with Gasteiger partial charge in [0.2, 0.25) is 0 Å². The van der Waals surface area contributed by atoms with Gasteiger partial charge in [0, 0.05) is 23.6 Å².